The van der Waals surface area contributed by atoms with Gasteiger partial charge < -0.3 is 10.6 Å². The summed E-state index contributed by atoms with van der Waals surface area (Å²) in [5.41, 5.74) is 0.478. The number of nitriles is 1. The number of anilines is 2. The average molecular weight is 429 g/mol. The Bertz CT molecular complexity index is 882. The smallest absolute Gasteiger partial charge is 0.382 e. The molecule has 11 heteroatoms. The standard InChI is InChI=1S/C17H16ClF3N6S/c1-28-16(26-10-22)27-14-5-3-2-4-13(14)23-6-7-24-15-12(18)8-11(9-25-15)17(19,20)21/h2-5,8-9,23H,6-7H2,1H3,(H,24,25)(H,26,27). The lowest BCUT2D eigenvalue weighted by Crippen LogP contribution is -2.16. The minimum absolute atomic E-state index is 0.105. The van der Waals surface area contributed by atoms with E-state index in [-0.39, 0.29) is 10.8 Å². The summed E-state index contributed by atoms with van der Waals surface area (Å²) in [5.74, 6) is 0.172. The number of thioether (sulfide) groups is 1. The molecule has 2 aromatic rings. The van der Waals surface area contributed by atoms with E-state index in [2.05, 4.69) is 25.9 Å². The van der Waals surface area contributed by atoms with Crippen molar-refractivity contribution in [2.24, 2.45) is 4.99 Å². The Balaban J connectivity index is 1.97. The molecule has 0 unspecified atom stereocenters. The van der Waals surface area contributed by atoms with Crippen molar-refractivity contribution < 1.29 is 13.2 Å². The first kappa shape index (κ1) is 21.7. The summed E-state index contributed by atoms with van der Waals surface area (Å²) < 4.78 is 37.9. The van der Waals surface area contributed by atoms with Crippen LogP contribution in [0, 0.1) is 11.5 Å². The van der Waals surface area contributed by atoms with Gasteiger partial charge in [-0.15, -0.1) is 0 Å². The van der Waals surface area contributed by atoms with Gasteiger partial charge >= 0.3 is 6.18 Å². The van der Waals surface area contributed by atoms with Crippen molar-refractivity contribution in [1.29, 1.82) is 5.26 Å². The summed E-state index contributed by atoms with van der Waals surface area (Å²) >= 11 is 7.16. The molecular formula is C17H16ClF3N6S. The molecule has 0 aliphatic rings. The number of nitrogens with zero attached hydrogens (tertiary/aromatic N) is 3. The first-order valence-electron chi connectivity index (χ1n) is 7.92. The second-order valence-corrected chi connectivity index (χ2v) is 6.48. The number of para-hydroxylation sites is 2. The van der Waals surface area contributed by atoms with Gasteiger partial charge in [0.15, 0.2) is 11.4 Å². The summed E-state index contributed by atoms with van der Waals surface area (Å²) in [5, 5.41) is 17.6. The number of aromatic nitrogens is 1. The van der Waals surface area contributed by atoms with Crippen LogP contribution in [-0.2, 0) is 6.18 Å². The molecule has 0 radical (unpaired) electrons. The molecule has 0 atom stereocenters. The van der Waals surface area contributed by atoms with Gasteiger partial charge in [0.2, 0.25) is 0 Å². The minimum Gasteiger partial charge on any atom is -0.382 e. The molecule has 0 saturated carbocycles. The molecule has 2 rings (SSSR count). The average Bonchev–Trinajstić information content (AvgIpc) is 2.66. The maximum Gasteiger partial charge on any atom is 0.417 e. The Labute approximate surface area is 169 Å². The molecule has 0 fully saturated rings. The molecule has 3 N–H and O–H groups in total. The van der Waals surface area contributed by atoms with E-state index in [0.717, 1.165) is 18.0 Å². The van der Waals surface area contributed by atoms with E-state index >= 15 is 0 Å². The van der Waals surface area contributed by atoms with Gasteiger partial charge in [-0.2, -0.15) is 18.4 Å². The normalized spacial score (nSPS) is 11.6. The number of hydrogen-bond acceptors (Lipinski definition) is 6. The summed E-state index contributed by atoms with van der Waals surface area (Å²) in [4.78, 5) is 8.10. The Kier molecular flexibility index (Phi) is 7.78. The first-order valence-corrected chi connectivity index (χ1v) is 9.52. The van der Waals surface area contributed by atoms with Crippen LogP contribution in [0.5, 0.6) is 0 Å². The number of halogens is 4. The summed E-state index contributed by atoms with van der Waals surface area (Å²) in [7, 11) is 0. The van der Waals surface area contributed by atoms with Crippen LogP contribution in [0.15, 0.2) is 41.5 Å². The molecule has 1 aromatic carbocycles. The fraction of sp³-hybridized carbons (Fsp3) is 0.235. The zero-order chi connectivity index (χ0) is 20.6. The minimum atomic E-state index is -4.49. The predicted octanol–water partition coefficient (Wildman–Crippen LogP) is 4.70. The highest BCUT2D eigenvalue weighted by molar-refractivity contribution is 8.13. The fourth-order valence-electron chi connectivity index (χ4n) is 2.10. The number of aliphatic imine (C=N–C) groups is 1. The second kappa shape index (κ2) is 10.1. The molecular weight excluding hydrogens is 413 g/mol. The maximum absolute atomic E-state index is 12.6. The number of amidine groups is 1. The zero-order valence-electron chi connectivity index (χ0n) is 14.6. The van der Waals surface area contributed by atoms with E-state index < -0.39 is 11.7 Å². The van der Waals surface area contributed by atoms with Crippen LogP contribution in [0.3, 0.4) is 0 Å². The third-order valence-corrected chi connectivity index (χ3v) is 4.25. The van der Waals surface area contributed by atoms with Gasteiger partial charge in [0.05, 0.1) is 22.0 Å². The van der Waals surface area contributed by atoms with Gasteiger partial charge in [-0.25, -0.2) is 9.98 Å². The van der Waals surface area contributed by atoms with Gasteiger partial charge in [0, 0.05) is 19.3 Å². The van der Waals surface area contributed by atoms with E-state index in [4.69, 9.17) is 16.9 Å². The van der Waals surface area contributed by atoms with Gasteiger partial charge in [0.25, 0.3) is 0 Å². The Hall–Kier alpha value is -2.64. The summed E-state index contributed by atoms with van der Waals surface area (Å²) in [6, 6.07) is 8.10. The van der Waals surface area contributed by atoms with Crippen molar-refractivity contribution in [2.75, 3.05) is 30.0 Å². The number of benzene rings is 1. The molecule has 0 aliphatic heterocycles. The predicted molar refractivity (Wildman–Crippen MR) is 107 cm³/mol. The van der Waals surface area contributed by atoms with Gasteiger partial charge in [-0.05, 0) is 24.5 Å². The Morgan fingerprint density at radius 1 is 1.29 bits per heavy atom. The number of alkyl halides is 3. The quantitative estimate of drug-likeness (QED) is 0.203. The van der Waals surface area contributed by atoms with Crippen molar-refractivity contribution in [3.05, 3.63) is 47.1 Å². The highest BCUT2D eigenvalue weighted by atomic mass is 35.5. The first-order chi connectivity index (χ1) is 13.3. The molecule has 0 aliphatic carbocycles. The van der Waals surface area contributed by atoms with E-state index in [0.29, 0.717) is 23.9 Å². The lowest BCUT2D eigenvalue weighted by atomic mass is 10.2. The van der Waals surface area contributed by atoms with Crippen LogP contribution in [0.4, 0.5) is 30.4 Å². The molecule has 28 heavy (non-hydrogen) atoms. The molecule has 148 valence electrons. The van der Waals surface area contributed by atoms with E-state index in [1.165, 1.54) is 11.8 Å². The van der Waals surface area contributed by atoms with Crippen LogP contribution >= 0.6 is 23.4 Å². The van der Waals surface area contributed by atoms with Crippen LogP contribution in [0.1, 0.15) is 5.56 Å². The van der Waals surface area contributed by atoms with E-state index in [1.54, 1.807) is 12.3 Å². The number of hydrogen-bond donors (Lipinski definition) is 3. The Morgan fingerprint density at radius 2 is 2.00 bits per heavy atom. The molecule has 1 aromatic heterocycles. The lowest BCUT2D eigenvalue weighted by Gasteiger charge is -2.13. The fourth-order valence-corrected chi connectivity index (χ4v) is 2.67. The van der Waals surface area contributed by atoms with Crippen molar-refractivity contribution in [1.82, 2.24) is 10.3 Å². The Morgan fingerprint density at radius 3 is 2.64 bits per heavy atom. The highest BCUT2D eigenvalue weighted by Crippen LogP contribution is 2.32. The van der Waals surface area contributed by atoms with Gasteiger partial charge in [0.1, 0.15) is 5.82 Å². The van der Waals surface area contributed by atoms with Crippen molar-refractivity contribution in [2.45, 2.75) is 6.18 Å². The van der Waals surface area contributed by atoms with Crippen molar-refractivity contribution in [3.63, 3.8) is 0 Å². The third-order valence-electron chi connectivity index (χ3n) is 3.38. The van der Waals surface area contributed by atoms with Gasteiger partial charge in [-0.3, -0.25) is 5.32 Å². The molecule has 0 saturated heterocycles. The SMILES string of the molecule is CSC(=Nc1ccccc1NCCNc1ncc(C(F)(F)F)cc1Cl)NC#N. The largest absolute Gasteiger partial charge is 0.417 e. The van der Waals surface area contributed by atoms with Crippen molar-refractivity contribution in [3.8, 4) is 6.19 Å². The third kappa shape index (κ3) is 6.21. The highest BCUT2D eigenvalue weighted by Gasteiger charge is 2.31. The molecule has 6 nitrogen and oxygen atoms in total. The summed E-state index contributed by atoms with van der Waals surface area (Å²) in [6.07, 6.45) is -0.134. The number of rotatable bonds is 6. The maximum atomic E-state index is 12.6. The lowest BCUT2D eigenvalue weighted by molar-refractivity contribution is -0.137. The topological polar surface area (TPSA) is 85.1 Å². The molecule has 0 spiro atoms. The molecule has 0 bridgehead atoms. The van der Waals surface area contributed by atoms with Crippen LogP contribution in [-0.4, -0.2) is 29.5 Å². The van der Waals surface area contributed by atoms with Gasteiger partial charge in [-0.1, -0.05) is 35.5 Å². The van der Waals surface area contributed by atoms with Crippen LogP contribution in [0.2, 0.25) is 5.02 Å². The van der Waals surface area contributed by atoms with Crippen LogP contribution in [0.25, 0.3) is 0 Å². The van der Waals surface area contributed by atoms with Crippen molar-refractivity contribution >= 4 is 45.7 Å². The molecule has 0 amide bonds. The number of pyridine rings is 1. The van der Waals surface area contributed by atoms with E-state index in [1.807, 2.05) is 24.4 Å². The second-order valence-electron chi connectivity index (χ2n) is 5.28. The monoisotopic (exact) mass is 428 g/mol. The number of nitrogens with one attached hydrogen (secondary N) is 3. The van der Waals surface area contributed by atoms with Crippen LogP contribution < -0.4 is 16.0 Å². The van der Waals surface area contributed by atoms with E-state index in [9.17, 15) is 13.2 Å². The molecule has 1 heterocycles. The zero-order valence-corrected chi connectivity index (χ0v) is 16.2. The summed E-state index contributed by atoms with van der Waals surface area (Å²) in [6.45, 7) is 0.799.